The quantitative estimate of drug-likeness (QED) is 0.587. The van der Waals surface area contributed by atoms with Crippen LogP contribution in [0.1, 0.15) is 17.7 Å². The number of carboxylic acid groups (broad SMARTS) is 1. The van der Waals surface area contributed by atoms with Gasteiger partial charge in [-0.25, -0.2) is 9.67 Å². The van der Waals surface area contributed by atoms with Gasteiger partial charge >= 0.3 is 5.97 Å². The maximum Gasteiger partial charge on any atom is 0.303 e. The summed E-state index contributed by atoms with van der Waals surface area (Å²) in [6, 6.07) is 15.6. The van der Waals surface area contributed by atoms with E-state index in [1.54, 1.807) is 6.20 Å². The zero-order valence-electron chi connectivity index (χ0n) is 14.8. The summed E-state index contributed by atoms with van der Waals surface area (Å²) in [5.74, 6) is -0.0267. The van der Waals surface area contributed by atoms with Gasteiger partial charge in [0, 0.05) is 29.8 Å². The van der Waals surface area contributed by atoms with Crippen molar-refractivity contribution < 1.29 is 9.90 Å². The standard InChI is InChI=1S/C21H18N4O2/c1-14-17-13-23-18(16-8-5-15(6-9-16)7-10-21(26)27)12-19(17)25(24-14)20-4-2-3-11-22-20/h2-6,8-9,11-13H,7,10H2,1H3,(H,26,27). The maximum absolute atomic E-state index is 10.7. The summed E-state index contributed by atoms with van der Waals surface area (Å²) < 4.78 is 1.83. The Hall–Kier alpha value is -3.54. The first-order valence-corrected chi connectivity index (χ1v) is 8.70. The molecule has 0 fully saturated rings. The van der Waals surface area contributed by atoms with Gasteiger partial charge in [-0.05, 0) is 37.1 Å². The predicted molar refractivity (Wildman–Crippen MR) is 103 cm³/mol. The molecule has 6 nitrogen and oxygen atoms in total. The molecule has 4 rings (SSSR count). The molecule has 3 aromatic heterocycles. The fourth-order valence-corrected chi connectivity index (χ4v) is 3.06. The Morgan fingerprint density at radius 1 is 1.11 bits per heavy atom. The van der Waals surface area contributed by atoms with Crippen molar-refractivity contribution in [3.63, 3.8) is 0 Å². The number of carboxylic acids is 1. The number of pyridine rings is 2. The number of hydrogen-bond acceptors (Lipinski definition) is 4. The maximum atomic E-state index is 10.7. The Labute approximate surface area is 156 Å². The summed E-state index contributed by atoms with van der Waals surface area (Å²) in [7, 11) is 0. The highest BCUT2D eigenvalue weighted by molar-refractivity contribution is 5.85. The number of nitrogens with zero attached hydrogens (tertiary/aromatic N) is 4. The lowest BCUT2D eigenvalue weighted by molar-refractivity contribution is -0.136. The van der Waals surface area contributed by atoms with Crippen LogP contribution in [-0.2, 0) is 11.2 Å². The van der Waals surface area contributed by atoms with Gasteiger partial charge in [0.2, 0.25) is 0 Å². The zero-order valence-corrected chi connectivity index (χ0v) is 14.8. The van der Waals surface area contributed by atoms with Gasteiger partial charge in [0.15, 0.2) is 5.82 Å². The first-order chi connectivity index (χ1) is 13.1. The van der Waals surface area contributed by atoms with E-state index in [4.69, 9.17) is 5.11 Å². The predicted octanol–water partition coefficient (Wildman–Crippen LogP) is 3.81. The van der Waals surface area contributed by atoms with Crippen LogP contribution in [0.25, 0.3) is 28.0 Å². The molecular weight excluding hydrogens is 340 g/mol. The van der Waals surface area contributed by atoms with E-state index < -0.39 is 5.97 Å². The zero-order chi connectivity index (χ0) is 18.8. The van der Waals surface area contributed by atoms with E-state index in [-0.39, 0.29) is 6.42 Å². The first-order valence-electron chi connectivity index (χ1n) is 8.70. The number of aryl methyl sites for hydroxylation is 2. The Bertz CT molecular complexity index is 1100. The lowest BCUT2D eigenvalue weighted by atomic mass is 10.0. The summed E-state index contributed by atoms with van der Waals surface area (Å²) in [5, 5.41) is 14.4. The minimum absolute atomic E-state index is 0.131. The lowest BCUT2D eigenvalue weighted by Gasteiger charge is -2.05. The second kappa shape index (κ2) is 6.99. The largest absolute Gasteiger partial charge is 0.481 e. The second-order valence-electron chi connectivity index (χ2n) is 6.36. The van der Waals surface area contributed by atoms with Crippen molar-refractivity contribution in [2.75, 3.05) is 0 Å². The Morgan fingerprint density at radius 3 is 2.63 bits per heavy atom. The molecule has 0 aliphatic carbocycles. The third-order valence-corrected chi connectivity index (χ3v) is 4.49. The molecule has 0 amide bonds. The molecular formula is C21H18N4O2. The van der Waals surface area contributed by atoms with Crippen molar-refractivity contribution in [2.24, 2.45) is 0 Å². The molecule has 0 bridgehead atoms. The molecule has 0 saturated heterocycles. The Kier molecular flexibility index (Phi) is 4.38. The SMILES string of the molecule is Cc1nn(-c2ccccn2)c2cc(-c3ccc(CCC(=O)O)cc3)ncc12. The molecule has 0 atom stereocenters. The van der Waals surface area contributed by atoms with E-state index in [1.165, 1.54) is 0 Å². The highest BCUT2D eigenvalue weighted by atomic mass is 16.4. The number of rotatable bonds is 5. The fourth-order valence-electron chi connectivity index (χ4n) is 3.06. The number of carbonyl (C=O) groups is 1. The molecule has 0 spiro atoms. The molecule has 0 saturated carbocycles. The van der Waals surface area contributed by atoms with Gasteiger partial charge in [0.1, 0.15) is 0 Å². The highest BCUT2D eigenvalue weighted by Crippen LogP contribution is 2.26. The second-order valence-corrected chi connectivity index (χ2v) is 6.36. The van der Waals surface area contributed by atoms with E-state index >= 15 is 0 Å². The van der Waals surface area contributed by atoms with Gasteiger partial charge in [-0.1, -0.05) is 30.3 Å². The molecule has 0 aliphatic rings. The Morgan fingerprint density at radius 2 is 1.93 bits per heavy atom. The van der Waals surface area contributed by atoms with Gasteiger partial charge in [-0.15, -0.1) is 0 Å². The van der Waals surface area contributed by atoms with Gasteiger partial charge in [0.05, 0.1) is 16.9 Å². The number of hydrogen-bond donors (Lipinski definition) is 1. The molecule has 1 aromatic carbocycles. The van der Waals surface area contributed by atoms with E-state index in [0.29, 0.717) is 6.42 Å². The van der Waals surface area contributed by atoms with E-state index in [9.17, 15) is 4.79 Å². The van der Waals surface area contributed by atoms with Gasteiger partial charge in [-0.3, -0.25) is 9.78 Å². The van der Waals surface area contributed by atoms with Crippen molar-refractivity contribution in [3.8, 4) is 17.1 Å². The van der Waals surface area contributed by atoms with Crippen LogP contribution in [0.4, 0.5) is 0 Å². The number of fused-ring (bicyclic) bond motifs is 1. The molecule has 0 radical (unpaired) electrons. The van der Waals surface area contributed by atoms with Crippen LogP contribution >= 0.6 is 0 Å². The van der Waals surface area contributed by atoms with Crippen molar-refractivity contribution in [3.05, 3.63) is 72.2 Å². The number of aromatic nitrogens is 4. The normalized spacial score (nSPS) is 11.0. The van der Waals surface area contributed by atoms with Gasteiger partial charge in [-0.2, -0.15) is 5.10 Å². The molecule has 0 aliphatic heterocycles. The first kappa shape index (κ1) is 16.9. The number of benzene rings is 1. The molecule has 4 aromatic rings. The average Bonchev–Trinajstić information content (AvgIpc) is 3.03. The highest BCUT2D eigenvalue weighted by Gasteiger charge is 2.12. The van der Waals surface area contributed by atoms with Crippen LogP contribution < -0.4 is 0 Å². The summed E-state index contributed by atoms with van der Waals surface area (Å²) in [6.07, 6.45) is 4.24. The molecule has 6 heteroatoms. The number of aliphatic carboxylic acids is 1. The summed E-state index contributed by atoms with van der Waals surface area (Å²) >= 11 is 0. The van der Waals surface area contributed by atoms with Crippen LogP contribution in [0.15, 0.2) is 60.9 Å². The minimum atomic E-state index is -0.788. The molecule has 134 valence electrons. The fraction of sp³-hybridized carbons (Fsp3) is 0.143. The molecule has 27 heavy (non-hydrogen) atoms. The smallest absolute Gasteiger partial charge is 0.303 e. The Balaban J connectivity index is 1.72. The topological polar surface area (TPSA) is 80.9 Å². The van der Waals surface area contributed by atoms with E-state index in [1.807, 2.05) is 66.3 Å². The van der Waals surface area contributed by atoms with Crippen molar-refractivity contribution in [1.82, 2.24) is 19.7 Å². The van der Waals surface area contributed by atoms with Gasteiger partial charge < -0.3 is 5.11 Å². The third-order valence-electron chi connectivity index (χ3n) is 4.49. The van der Waals surface area contributed by atoms with Crippen LogP contribution in [0.5, 0.6) is 0 Å². The molecule has 3 heterocycles. The lowest BCUT2D eigenvalue weighted by Crippen LogP contribution is -1.99. The van der Waals surface area contributed by atoms with Crippen LogP contribution in [0.2, 0.25) is 0 Å². The van der Waals surface area contributed by atoms with Crippen molar-refractivity contribution in [1.29, 1.82) is 0 Å². The monoisotopic (exact) mass is 358 g/mol. The van der Waals surface area contributed by atoms with E-state index in [2.05, 4.69) is 15.1 Å². The minimum Gasteiger partial charge on any atom is -0.481 e. The average molecular weight is 358 g/mol. The molecule has 1 N–H and O–H groups in total. The van der Waals surface area contributed by atoms with Crippen LogP contribution in [0.3, 0.4) is 0 Å². The third kappa shape index (κ3) is 3.42. The van der Waals surface area contributed by atoms with Crippen molar-refractivity contribution in [2.45, 2.75) is 19.8 Å². The van der Waals surface area contributed by atoms with Crippen LogP contribution in [0, 0.1) is 6.92 Å². The van der Waals surface area contributed by atoms with Gasteiger partial charge in [0.25, 0.3) is 0 Å². The van der Waals surface area contributed by atoms with Crippen LogP contribution in [-0.4, -0.2) is 30.8 Å². The summed E-state index contributed by atoms with van der Waals surface area (Å²) in [5.41, 5.74) is 4.66. The van der Waals surface area contributed by atoms with E-state index in [0.717, 1.165) is 39.2 Å². The summed E-state index contributed by atoms with van der Waals surface area (Å²) in [4.78, 5) is 19.7. The molecule has 0 unspecified atom stereocenters. The van der Waals surface area contributed by atoms with Crippen molar-refractivity contribution >= 4 is 16.9 Å². The summed E-state index contributed by atoms with van der Waals surface area (Å²) in [6.45, 7) is 1.96.